The van der Waals surface area contributed by atoms with Gasteiger partial charge in [0, 0.05) is 6.04 Å². The maximum atomic E-state index is 12.1. The molecule has 23 heavy (non-hydrogen) atoms. The highest BCUT2D eigenvalue weighted by molar-refractivity contribution is 5.73. The van der Waals surface area contributed by atoms with E-state index in [1.54, 1.807) is 0 Å². The van der Waals surface area contributed by atoms with Gasteiger partial charge in [0.25, 0.3) is 0 Å². The van der Waals surface area contributed by atoms with Crippen molar-refractivity contribution in [2.24, 2.45) is 0 Å². The molecule has 1 fully saturated rings. The molecule has 0 spiro atoms. The van der Waals surface area contributed by atoms with E-state index in [9.17, 15) is 4.79 Å². The molecule has 1 amide bonds. The molecule has 3 nitrogen and oxygen atoms in total. The Labute approximate surface area is 137 Å². The summed E-state index contributed by atoms with van der Waals surface area (Å²) < 4.78 is 5.48. The summed E-state index contributed by atoms with van der Waals surface area (Å²) in [4.78, 5) is 12.1. The van der Waals surface area contributed by atoms with Crippen molar-refractivity contribution in [1.82, 2.24) is 5.32 Å². The van der Waals surface area contributed by atoms with Crippen LogP contribution in [0, 0.1) is 6.92 Å². The first-order chi connectivity index (χ1) is 11.2. The minimum absolute atomic E-state index is 0.260. The lowest BCUT2D eigenvalue weighted by Gasteiger charge is -2.22. The first-order valence-corrected chi connectivity index (χ1v) is 8.37. The van der Waals surface area contributed by atoms with Crippen LogP contribution in [0.15, 0.2) is 48.5 Å². The fraction of sp³-hybridized carbons (Fsp3) is 0.350. The zero-order chi connectivity index (χ0) is 16.1. The summed E-state index contributed by atoms with van der Waals surface area (Å²) >= 11 is 0. The Balaban J connectivity index is 1.69. The quantitative estimate of drug-likeness (QED) is 0.858. The Morgan fingerprint density at radius 2 is 1.78 bits per heavy atom. The number of carbonyl (C=O) groups is 1. The lowest BCUT2D eigenvalue weighted by molar-refractivity contribution is 0.192. The van der Waals surface area contributed by atoms with Gasteiger partial charge in [0.15, 0.2) is 0 Å². The second-order valence-corrected chi connectivity index (χ2v) is 6.21. The number of rotatable bonds is 3. The van der Waals surface area contributed by atoms with Crippen molar-refractivity contribution in [2.75, 3.05) is 0 Å². The topological polar surface area (TPSA) is 38.3 Å². The Hall–Kier alpha value is -2.29. The molecule has 0 radical (unpaired) electrons. The van der Waals surface area contributed by atoms with Crippen LogP contribution >= 0.6 is 0 Å². The molecule has 2 aromatic rings. The van der Waals surface area contributed by atoms with Gasteiger partial charge in [-0.2, -0.15) is 0 Å². The maximum Gasteiger partial charge on any atom is 0.412 e. The van der Waals surface area contributed by atoms with Crippen molar-refractivity contribution in [3.8, 4) is 16.9 Å². The van der Waals surface area contributed by atoms with Gasteiger partial charge in [0.05, 0.1) is 0 Å². The van der Waals surface area contributed by atoms with Crippen LogP contribution in [0.5, 0.6) is 5.75 Å². The summed E-state index contributed by atoms with van der Waals surface area (Å²) in [5, 5.41) is 2.98. The largest absolute Gasteiger partial charge is 0.412 e. The Kier molecular flexibility index (Phi) is 4.96. The normalized spacial score (nSPS) is 15.2. The smallest absolute Gasteiger partial charge is 0.410 e. The van der Waals surface area contributed by atoms with Crippen LogP contribution in [0.4, 0.5) is 4.79 Å². The number of carbonyl (C=O) groups excluding carboxylic acids is 1. The van der Waals surface area contributed by atoms with Gasteiger partial charge in [-0.15, -0.1) is 0 Å². The number of amides is 1. The molecule has 0 saturated heterocycles. The monoisotopic (exact) mass is 309 g/mol. The predicted octanol–water partition coefficient (Wildman–Crippen LogP) is 5.08. The summed E-state index contributed by atoms with van der Waals surface area (Å²) in [6, 6.07) is 16.2. The molecule has 3 rings (SSSR count). The molecular weight excluding hydrogens is 286 g/mol. The van der Waals surface area contributed by atoms with Crippen LogP contribution in [-0.4, -0.2) is 12.1 Å². The first-order valence-electron chi connectivity index (χ1n) is 8.37. The SMILES string of the molecule is Cc1ccc(OC(=O)NC2CCCCC2)cc1-c1ccccc1. The van der Waals surface area contributed by atoms with Gasteiger partial charge in [-0.3, -0.25) is 0 Å². The van der Waals surface area contributed by atoms with E-state index in [0.29, 0.717) is 5.75 Å². The molecule has 1 aliphatic carbocycles. The average molecular weight is 309 g/mol. The minimum Gasteiger partial charge on any atom is -0.410 e. The molecule has 0 aromatic heterocycles. The standard InChI is InChI=1S/C20H23NO2/c1-15-12-13-18(14-19(15)16-8-4-2-5-9-16)23-20(22)21-17-10-6-3-7-11-17/h2,4-5,8-9,12-14,17H,3,6-7,10-11H2,1H3,(H,21,22). The highest BCUT2D eigenvalue weighted by Crippen LogP contribution is 2.27. The van der Waals surface area contributed by atoms with Gasteiger partial charge in [-0.05, 0) is 48.6 Å². The molecule has 1 aliphatic rings. The molecular formula is C20H23NO2. The summed E-state index contributed by atoms with van der Waals surface area (Å²) in [6.45, 7) is 2.06. The molecule has 1 N–H and O–H groups in total. The van der Waals surface area contributed by atoms with Crippen molar-refractivity contribution in [1.29, 1.82) is 0 Å². The zero-order valence-corrected chi connectivity index (χ0v) is 13.5. The number of ether oxygens (including phenoxy) is 1. The van der Waals surface area contributed by atoms with Gasteiger partial charge in [0.1, 0.15) is 5.75 Å². The van der Waals surface area contributed by atoms with E-state index in [4.69, 9.17) is 4.74 Å². The Morgan fingerprint density at radius 3 is 2.52 bits per heavy atom. The Bertz CT molecular complexity index is 661. The third-order valence-electron chi connectivity index (χ3n) is 4.43. The fourth-order valence-electron chi connectivity index (χ4n) is 3.14. The van der Waals surface area contributed by atoms with E-state index in [1.165, 1.54) is 19.3 Å². The molecule has 120 valence electrons. The lowest BCUT2D eigenvalue weighted by atomic mass is 9.96. The first kappa shape index (κ1) is 15.6. The van der Waals surface area contributed by atoms with E-state index in [0.717, 1.165) is 29.5 Å². The van der Waals surface area contributed by atoms with Gasteiger partial charge in [-0.1, -0.05) is 55.7 Å². The van der Waals surface area contributed by atoms with Gasteiger partial charge in [0.2, 0.25) is 0 Å². The molecule has 0 atom stereocenters. The van der Waals surface area contributed by atoms with Crippen LogP contribution in [0.2, 0.25) is 0 Å². The fourth-order valence-corrected chi connectivity index (χ4v) is 3.14. The number of benzene rings is 2. The van der Waals surface area contributed by atoms with Gasteiger partial charge >= 0.3 is 6.09 Å². The second kappa shape index (κ2) is 7.32. The number of hydrogen-bond donors (Lipinski definition) is 1. The van der Waals surface area contributed by atoms with E-state index in [-0.39, 0.29) is 12.1 Å². The van der Waals surface area contributed by atoms with Gasteiger partial charge in [-0.25, -0.2) is 4.79 Å². The predicted molar refractivity (Wildman–Crippen MR) is 92.6 cm³/mol. The van der Waals surface area contributed by atoms with Crippen molar-refractivity contribution in [3.63, 3.8) is 0 Å². The molecule has 1 saturated carbocycles. The van der Waals surface area contributed by atoms with Crippen molar-refractivity contribution in [2.45, 2.75) is 45.1 Å². The minimum atomic E-state index is -0.347. The molecule has 0 heterocycles. The van der Waals surface area contributed by atoms with E-state index in [2.05, 4.69) is 24.4 Å². The number of aryl methyl sites for hydroxylation is 1. The zero-order valence-electron chi connectivity index (χ0n) is 13.5. The lowest BCUT2D eigenvalue weighted by Crippen LogP contribution is -2.38. The van der Waals surface area contributed by atoms with Crippen LogP contribution in [0.25, 0.3) is 11.1 Å². The maximum absolute atomic E-state index is 12.1. The summed E-state index contributed by atoms with van der Waals surface area (Å²) in [7, 11) is 0. The molecule has 0 aliphatic heterocycles. The summed E-state index contributed by atoms with van der Waals surface area (Å²) in [5.74, 6) is 0.586. The van der Waals surface area contributed by atoms with Crippen LogP contribution in [-0.2, 0) is 0 Å². The molecule has 3 heteroatoms. The van der Waals surface area contributed by atoms with Crippen LogP contribution < -0.4 is 10.1 Å². The van der Waals surface area contributed by atoms with Gasteiger partial charge < -0.3 is 10.1 Å². The second-order valence-electron chi connectivity index (χ2n) is 6.21. The van der Waals surface area contributed by atoms with Crippen molar-refractivity contribution >= 4 is 6.09 Å². The van der Waals surface area contributed by atoms with E-state index < -0.39 is 0 Å². The van der Waals surface area contributed by atoms with Crippen LogP contribution in [0.1, 0.15) is 37.7 Å². The highest BCUT2D eigenvalue weighted by Gasteiger charge is 2.17. The summed E-state index contributed by atoms with van der Waals surface area (Å²) in [5.41, 5.74) is 3.38. The molecule has 0 unspecified atom stereocenters. The third-order valence-corrected chi connectivity index (χ3v) is 4.43. The average Bonchev–Trinajstić information content (AvgIpc) is 2.58. The van der Waals surface area contributed by atoms with Crippen molar-refractivity contribution in [3.05, 3.63) is 54.1 Å². The van der Waals surface area contributed by atoms with E-state index >= 15 is 0 Å². The molecule has 0 bridgehead atoms. The van der Waals surface area contributed by atoms with Crippen molar-refractivity contribution < 1.29 is 9.53 Å². The summed E-state index contributed by atoms with van der Waals surface area (Å²) in [6.07, 6.45) is 5.41. The van der Waals surface area contributed by atoms with Crippen LogP contribution in [0.3, 0.4) is 0 Å². The number of nitrogens with one attached hydrogen (secondary N) is 1. The van der Waals surface area contributed by atoms with E-state index in [1.807, 2.05) is 36.4 Å². The number of hydrogen-bond acceptors (Lipinski definition) is 2. The highest BCUT2D eigenvalue weighted by atomic mass is 16.6. The Morgan fingerprint density at radius 1 is 1.04 bits per heavy atom. The molecule has 2 aromatic carbocycles. The third kappa shape index (κ3) is 4.13.